The summed E-state index contributed by atoms with van der Waals surface area (Å²) in [6, 6.07) is 6.53. The lowest BCUT2D eigenvalue weighted by atomic mass is 9.85. The van der Waals surface area contributed by atoms with Crippen LogP contribution >= 0.6 is 0 Å². The van der Waals surface area contributed by atoms with E-state index in [4.69, 9.17) is 0 Å². The number of anilines is 1. The number of nitrogens with zero attached hydrogens (tertiary/aromatic N) is 4. The molecular formula is C21H21N5O3. The first kappa shape index (κ1) is 17.8. The highest BCUT2D eigenvalue weighted by molar-refractivity contribution is 6.10. The molecule has 2 aromatic rings. The summed E-state index contributed by atoms with van der Waals surface area (Å²) >= 11 is 0. The standard InChI is InChI=1S/C21H21N5O3/c1-12(26-20(28)17-14-4-5-15(8-14)18(17)21(26)29)19(27)24-16-6-2-13(3-7-16)9-25-11-22-10-23-25/h2-7,10-12,14-15,17-18H,8-9H2,1H3,(H,24,27)/t12-,14+,15+,17+,18+/m1/s1. The predicted octanol–water partition coefficient (Wildman–Crippen LogP) is 1.46. The molecule has 1 N–H and O–H groups in total. The molecule has 29 heavy (non-hydrogen) atoms. The minimum Gasteiger partial charge on any atom is -0.324 e. The molecule has 3 aliphatic rings. The summed E-state index contributed by atoms with van der Waals surface area (Å²) in [5, 5.41) is 6.88. The average molecular weight is 391 g/mol. The third-order valence-electron chi connectivity index (χ3n) is 6.30. The first-order valence-corrected chi connectivity index (χ1v) is 9.80. The van der Waals surface area contributed by atoms with Crippen molar-refractivity contribution in [2.24, 2.45) is 23.7 Å². The molecule has 5 rings (SSSR count). The van der Waals surface area contributed by atoms with Crippen LogP contribution in [0.4, 0.5) is 5.69 Å². The number of benzene rings is 1. The largest absolute Gasteiger partial charge is 0.324 e. The van der Waals surface area contributed by atoms with E-state index < -0.39 is 6.04 Å². The lowest BCUT2D eigenvalue weighted by molar-refractivity contribution is -0.146. The summed E-state index contributed by atoms with van der Waals surface area (Å²) in [4.78, 5) is 43.5. The number of amides is 3. The molecule has 2 fully saturated rings. The van der Waals surface area contributed by atoms with Crippen molar-refractivity contribution in [2.45, 2.75) is 25.9 Å². The van der Waals surface area contributed by atoms with Crippen molar-refractivity contribution in [2.75, 3.05) is 5.32 Å². The lowest BCUT2D eigenvalue weighted by Gasteiger charge is -2.23. The van der Waals surface area contributed by atoms with Crippen LogP contribution in [0.15, 0.2) is 49.1 Å². The van der Waals surface area contributed by atoms with Crippen LogP contribution in [-0.2, 0) is 20.9 Å². The number of hydrogen-bond acceptors (Lipinski definition) is 5. The van der Waals surface area contributed by atoms with Crippen LogP contribution in [0.1, 0.15) is 18.9 Å². The number of hydrogen-bond donors (Lipinski definition) is 1. The first-order chi connectivity index (χ1) is 14.0. The van der Waals surface area contributed by atoms with Crippen LogP contribution in [0.25, 0.3) is 0 Å². The number of carbonyl (C=O) groups is 3. The Hall–Kier alpha value is -3.29. The fourth-order valence-corrected chi connectivity index (χ4v) is 4.87. The average Bonchev–Trinajstić information content (AvgIpc) is 3.49. The Morgan fingerprint density at radius 3 is 2.38 bits per heavy atom. The quantitative estimate of drug-likeness (QED) is 0.615. The lowest BCUT2D eigenvalue weighted by Crippen LogP contribution is -2.46. The van der Waals surface area contributed by atoms with E-state index in [9.17, 15) is 14.4 Å². The zero-order chi connectivity index (χ0) is 20.1. The Morgan fingerprint density at radius 2 is 1.79 bits per heavy atom. The second-order valence-electron chi connectivity index (χ2n) is 8.00. The van der Waals surface area contributed by atoms with Gasteiger partial charge in [0.05, 0.1) is 18.4 Å². The molecule has 1 aromatic carbocycles. The zero-order valence-electron chi connectivity index (χ0n) is 15.9. The zero-order valence-corrected chi connectivity index (χ0v) is 15.9. The number of likely N-dealkylation sites (tertiary alicyclic amines) is 1. The number of allylic oxidation sites excluding steroid dienone is 2. The molecule has 2 aliphatic carbocycles. The highest BCUT2D eigenvalue weighted by atomic mass is 16.2. The third-order valence-corrected chi connectivity index (χ3v) is 6.30. The SMILES string of the molecule is C[C@H](C(=O)Nc1ccc(Cn2cncn2)cc1)N1C(=O)[C@@H]2[C@@H](C1=O)[C@H]1C=C[C@H]2C1. The minimum absolute atomic E-state index is 0.138. The van der Waals surface area contributed by atoms with Gasteiger partial charge in [0, 0.05) is 5.69 Å². The Kier molecular flexibility index (Phi) is 4.08. The maximum Gasteiger partial charge on any atom is 0.247 e. The van der Waals surface area contributed by atoms with E-state index >= 15 is 0 Å². The van der Waals surface area contributed by atoms with E-state index in [-0.39, 0.29) is 41.4 Å². The molecule has 0 spiro atoms. The molecule has 1 saturated carbocycles. The van der Waals surface area contributed by atoms with Crippen molar-refractivity contribution < 1.29 is 14.4 Å². The number of rotatable bonds is 5. The molecule has 3 amide bonds. The monoisotopic (exact) mass is 391 g/mol. The van der Waals surface area contributed by atoms with Gasteiger partial charge in [0.2, 0.25) is 17.7 Å². The molecule has 0 radical (unpaired) electrons. The molecule has 1 aliphatic heterocycles. The molecule has 8 nitrogen and oxygen atoms in total. The molecule has 1 saturated heterocycles. The van der Waals surface area contributed by atoms with Crippen LogP contribution in [0.2, 0.25) is 0 Å². The topological polar surface area (TPSA) is 97.2 Å². The third kappa shape index (κ3) is 2.86. The smallest absolute Gasteiger partial charge is 0.247 e. The van der Waals surface area contributed by atoms with Gasteiger partial charge in [-0.25, -0.2) is 9.67 Å². The molecule has 2 heterocycles. The fraction of sp³-hybridized carbons (Fsp3) is 0.381. The highest BCUT2D eigenvalue weighted by Crippen LogP contribution is 2.52. The predicted molar refractivity (Wildman–Crippen MR) is 103 cm³/mol. The molecule has 1 aromatic heterocycles. The number of nitrogens with one attached hydrogen (secondary N) is 1. The Balaban J connectivity index is 1.25. The molecule has 0 unspecified atom stereocenters. The van der Waals surface area contributed by atoms with Gasteiger partial charge in [-0.1, -0.05) is 24.3 Å². The molecule has 8 heteroatoms. The minimum atomic E-state index is -0.838. The van der Waals surface area contributed by atoms with E-state index in [1.807, 2.05) is 24.3 Å². The summed E-state index contributed by atoms with van der Waals surface area (Å²) in [6.45, 7) is 2.20. The van der Waals surface area contributed by atoms with Gasteiger partial charge < -0.3 is 5.32 Å². The van der Waals surface area contributed by atoms with Crippen molar-refractivity contribution in [1.82, 2.24) is 19.7 Å². The normalized spacial score (nSPS) is 28.1. The van der Waals surface area contributed by atoms with Gasteiger partial charge in [0.1, 0.15) is 18.7 Å². The van der Waals surface area contributed by atoms with Crippen molar-refractivity contribution in [3.8, 4) is 0 Å². The summed E-state index contributed by atoms with van der Waals surface area (Å²) in [5.74, 6) is -1.08. The van der Waals surface area contributed by atoms with Crippen LogP contribution in [-0.4, -0.2) is 43.4 Å². The summed E-state index contributed by atoms with van der Waals surface area (Å²) in [5.41, 5.74) is 1.63. The van der Waals surface area contributed by atoms with E-state index in [1.54, 1.807) is 30.1 Å². The van der Waals surface area contributed by atoms with Crippen LogP contribution in [0.5, 0.6) is 0 Å². The maximum absolute atomic E-state index is 12.9. The van der Waals surface area contributed by atoms with Crippen molar-refractivity contribution in [3.05, 3.63) is 54.6 Å². The maximum atomic E-state index is 12.9. The van der Waals surface area contributed by atoms with Crippen molar-refractivity contribution >= 4 is 23.4 Å². The molecule has 2 bridgehead atoms. The number of fused-ring (bicyclic) bond motifs is 5. The summed E-state index contributed by atoms with van der Waals surface area (Å²) < 4.78 is 1.71. The number of imide groups is 1. The van der Waals surface area contributed by atoms with Gasteiger partial charge in [0.15, 0.2) is 0 Å². The van der Waals surface area contributed by atoms with Crippen molar-refractivity contribution in [1.29, 1.82) is 0 Å². The van der Waals surface area contributed by atoms with E-state index in [0.29, 0.717) is 12.2 Å². The van der Waals surface area contributed by atoms with Gasteiger partial charge in [-0.05, 0) is 42.9 Å². The van der Waals surface area contributed by atoms with Crippen LogP contribution < -0.4 is 5.32 Å². The number of aromatic nitrogens is 3. The summed E-state index contributed by atoms with van der Waals surface area (Å²) in [6.07, 6.45) is 8.09. The molecular weight excluding hydrogens is 370 g/mol. The second-order valence-corrected chi connectivity index (χ2v) is 8.00. The van der Waals surface area contributed by atoms with Crippen LogP contribution in [0.3, 0.4) is 0 Å². The Bertz CT molecular complexity index is 968. The molecule has 148 valence electrons. The Labute approximate surface area is 167 Å². The van der Waals surface area contributed by atoms with Gasteiger partial charge in [-0.2, -0.15) is 5.10 Å². The van der Waals surface area contributed by atoms with Gasteiger partial charge in [0.25, 0.3) is 0 Å². The Morgan fingerprint density at radius 1 is 1.14 bits per heavy atom. The molecule has 5 atom stereocenters. The van der Waals surface area contributed by atoms with E-state index in [2.05, 4.69) is 15.4 Å². The fourth-order valence-electron chi connectivity index (χ4n) is 4.87. The highest BCUT2D eigenvalue weighted by Gasteiger charge is 2.60. The van der Waals surface area contributed by atoms with E-state index in [0.717, 1.165) is 12.0 Å². The van der Waals surface area contributed by atoms with Crippen molar-refractivity contribution in [3.63, 3.8) is 0 Å². The van der Waals surface area contributed by atoms with Crippen LogP contribution in [0, 0.1) is 23.7 Å². The van der Waals surface area contributed by atoms with Gasteiger partial charge >= 0.3 is 0 Å². The van der Waals surface area contributed by atoms with Gasteiger partial charge in [-0.15, -0.1) is 0 Å². The second kappa shape index (κ2) is 6.65. The van der Waals surface area contributed by atoms with Gasteiger partial charge in [-0.3, -0.25) is 19.3 Å². The first-order valence-electron chi connectivity index (χ1n) is 9.80. The summed E-state index contributed by atoms with van der Waals surface area (Å²) in [7, 11) is 0. The van der Waals surface area contributed by atoms with E-state index in [1.165, 1.54) is 11.2 Å². The number of carbonyl (C=O) groups excluding carboxylic acids is 3.